The smallest absolute Gasteiger partial charge is 0.164 e. The molecule has 2 atom stereocenters. The Hall–Kier alpha value is -1.10. The first-order valence-electron chi connectivity index (χ1n) is 8.49. The maximum absolute atomic E-state index is 12.4. The average molecular weight is 415 g/mol. The highest BCUT2D eigenvalue weighted by molar-refractivity contribution is 6.30. The number of benzene rings is 2. The lowest BCUT2D eigenvalue weighted by Crippen LogP contribution is -2.39. The molecule has 2 unspecified atom stereocenters. The number of nitrogens with zero attached hydrogens (tertiary/aromatic N) is 1. The standard InChI is InChI=1S/C20H21Cl2NO2.ClH/c21-16-5-1-14(2-6-16)19-13-18(24)9-11-23(19)12-10-20(25)15-3-7-17(22)8-4-15;/h1-8,18-19,24H,9-13H2;1H. The Kier molecular flexibility index (Phi) is 7.93. The van der Waals surface area contributed by atoms with Gasteiger partial charge in [-0.3, -0.25) is 9.69 Å². The first kappa shape index (κ1) is 21.2. The topological polar surface area (TPSA) is 40.5 Å². The molecule has 3 nitrogen and oxygen atoms in total. The van der Waals surface area contributed by atoms with E-state index in [2.05, 4.69) is 4.90 Å². The zero-order valence-electron chi connectivity index (χ0n) is 14.3. The molecule has 0 aliphatic carbocycles. The van der Waals surface area contributed by atoms with Gasteiger partial charge in [0.05, 0.1) is 6.10 Å². The van der Waals surface area contributed by atoms with Gasteiger partial charge in [0.1, 0.15) is 0 Å². The zero-order chi connectivity index (χ0) is 17.8. The molecule has 6 heteroatoms. The van der Waals surface area contributed by atoms with Crippen LogP contribution in [0.15, 0.2) is 48.5 Å². The van der Waals surface area contributed by atoms with Crippen molar-refractivity contribution in [2.45, 2.75) is 31.4 Å². The van der Waals surface area contributed by atoms with Gasteiger partial charge in [0.2, 0.25) is 0 Å². The first-order valence-corrected chi connectivity index (χ1v) is 9.25. The monoisotopic (exact) mass is 413 g/mol. The summed E-state index contributed by atoms with van der Waals surface area (Å²) in [6.07, 6.45) is 1.56. The van der Waals surface area contributed by atoms with Gasteiger partial charge < -0.3 is 5.11 Å². The molecule has 1 N–H and O–H groups in total. The lowest BCUT2D eigenvalue weighted by molar-refractivity contribution is 0.0399. The number of Topliss-reactive ketones (excluding diaryl/α,β-unsaturated/α-hetero) is 1. The summed E-state index contributed by atoms with van der Waals surface area (Å²) in [5.41, 5.74) is 1.81. The number of aliphatic hydroxyl groups excluding tert-OH is 1. The fourth-order valence-electron chi connectivity index (χ4n) is 3.32. The summed E-state index contributed by atoms with van der Waals surface area (Å²) in [5, 5.41) is 11.4. The number of ketones is 1. The number of hydrogen-bond donors (Lipinski definition) is 1. The molecule has 0 aromatic heterocycles. The molecule has 3 rings (SSSR count). The van der Waals surface area contributed by atoms with Crippen molar-refractivity contribution in [3.05, 3.63) is 69.7 Å². The van der Waals surface area contributed by atoms with E-state index in [1.165, 1.54) is 0 Å². The molecular formula is C20H22Cl3NO2. The van der Waals surface area contributed by atoms with Crippen molar-refractivity contribution in [1.82, 2.24) is 4.90 Å². The van der Waals surface area contributed by atoms with E-state index < -0.39 is 0 Å². The Morgan fingerprint density at radius 3 is 2.23 bits per heavy atom. The van der Waals surface area contributed by atoms with Gasteiger partial charge in [-0.15, -0.1) is 12.4 Å². The predicted molar refractivity (Wildman–Crippen MR) is 109 cm³/mol. The number of likely N-dealkylation sites (tertiary alicyclic amines) is 1. The van der Waals surface area contributed by atoms with E-state index in [4.69, 9.17) is 23.2 Å². The lowest BCUT2D eigenvalue weighted by atomic mass is 9.93. The molecule has 0 spiro atoms. The third-order valence-electron chi connectivity index (χ3n) is 4.73. The van der Waals surface area contributed by atoms with Crippen LogP contribution in [0.4, 0.5) is 0 Å². The van der Waals surface area contributed by atoms with E-state index >= 15 is 0 Å². The van der Waals surface area contributed by atoms with Crippen molar-refractivity contribution in [3.8, 4) is 0 Å². The Morgan fingerprint density at radius 2 is 1.62 bits per heavy atom. The molecule has 1 aliphatic heterocycles. The van der Waals surface area contributed by atoms with Gasteiger partial charge >= 0.3 is 0 Å². The highest BCUT2D eigenvalue weighted by Crippen LogP contribution is 2.32. The highest BCUT2D eigenvalue weighted by Gasteiger charge is 2.28. The highest BCUT2D eigenvalue weighted by atomic mass is 35.5. The number of carbonyl (C=O) groups is 1. The predicted octanol–water partition coefficient (Wildman–Crippen LogP) is 5.19. The van der Waals surface area contributed by atoms with Crippen LogP contribution >= 0.6 is 35.6 Å². The van der Waals surface area contributed by atoms with Crippen LogP contribution in [0.2, 0.25) is 10.0 Å². The van der Waals surface area contributed by atoms with Crippen LogP contribution in [-0.2, 0) is 0 Å². The molecule has 0 bridgehead atoms. The molecule has 1 fully saturated rings. The van der Waals surface area contributed by atoms with Crippen molar-refractivity contribution in [1.29, 1.82) is 0 Å². The molecule has 0 amide bonds. The molecule has 140 valence electrons. The number of piperidine rings is 1. The van der Waals surface area contributed by atoms with E-state index in [1.54, 1.807) is 24.3 Å². The van der Waals surface area contributed by atoms with E-state index in [1.807, 2.05) is 24.3 Å². The quantitative estimate of drug-likeness (QED) is 0.685. The molecule has 26 heavy (non-hydrogen) atoms. The Morgan fingerprint density at radius 1 is 1.04 bits per heavy atom. The SMILES string of the molecule is Cl.O=C(CCN1CCC(O)CC1c1ccc(Cl)cc1)c1ccc(Cl)cc1. The van der Waals surface area contributed by atoms with Gasteiger partial charge in [0, 0.05) is 41.2 Å². The van der Waals surface area contributed by atoms with Crippen LogP contribution < -0.4 is 0 Å². The number of carbonyl (C=O) groups excluding carboxylic acids is 1. The zero-order valence-corrected chi connectivity index (χ0v) is 16.6. The van der Waals surface area contributed by atoms with Crippen molar-refractivity contribution >= 4 is 41.4 Å². The second-order valence-electron chi connectivity index (χ2n) is 6.46. The summed E-state index contributed by atoms with van der Waals surface area (Å²) < 4.78 is 0. The average Bonchev–Trinajstić information content (AvgIpc) is 2.61. The minimum absolute atomic E-state index is 0. The maximum atomic E-state index is 12.4. The summed E-state index contributed by atoms with van der Waals surface area (Å²) in [6, 6.07) is 14.9. The summed E-state index contributed by atoms with van der Waals surface area (Å²) in [4.78, 5) is 14.7. The number of rotatable bonds is 5. The number of halogens is 3. The number of hydrogen-bond acceptors (Lipinski definition) is 3. The van der Waals surface area contributed by atoms with Crippen molar-refractivity contribution < 1.29 is 9.90 Å². The van der Waals surface area contributed by atoms with Gasteiger partial charge in [0.15, 0.2) is 5.78 Å². The van der Waals surface area contributed by atoms with Crippen molar-refractivity contribution in [3.63, 3.8) is 0 Å². The van der Waals surface area contributed by atoms with E-state index in [0.717, 1.165) is 18.5 Å². The van der Waals surface area contributed by atoms with Gasteiger partial charge in [-0.1, -0.05) is 35.3 Å². The van der Waals surface area contributed by atoms with Crippen LogP contribution in [-0.4, -0.2) is 35.0 Å². The van der Waals surface area contributed by atoms with Crippen LogP contribution in [0.3, 0.4) is 0 Å². The molecule has 0 saturated carbocycles. The minimum Gasteiger partial charge on any atom is -0.393 e. The third kappa shape index (κ3) is 5.45. The normalized spacial score (nSPS) is 20.4. The fraction of sp³-hybridized carbons (Fsp3) is 0.350. The summed E-state index contributed by atoms with van der Waals surface area (Å²) >= 11 is 11.9. The number of aliphatic hydroxyl groups is 1. The fourth-order valence-corrected chi connectivity index (χ4v) is 3.57. The summed E-state index contributed by atoms with van der Waals surface area (Å²) in [6.45, 7) is 1.45. The molecular weight excluding hydrogens is 393 g/mol. The van der Waals surface area contributed by atoms with E-state index in [0.29, 0.717) is 35.0 Å². The van der Waals surface area contributed by atoms with Gasteiger partial charge in [-0.2, -0.15) is 0 Å². The largest absolute Gasteiger partial charge is 0.393 e. The maximum Gasteiger partial charge on any atom is 0.164 e. The lowest BCUT2D eigenvalue weighted by Gasteiger charge is -2.38. The molecule has 1 aliphatic rings. The van der Waals surface area contributed by atoms with Crippen LogP contribution in [0.25, 0.3) is 0 Å². The van der Waals surface area contributed by atoms with Gasteiger partial charge in [-0.25, -0.2) is 0 Å². The Balaban J connectivity index is 0.00000243. The van der Waals surface area contributed by atoms with E-state index in [9.17, 15) is 9.90 Å². The third-order valence-corrected chi connectivity index (χ3v) is 5.24. The van der Waals surface area contributed by atoms with Gasteiger partial charge in [0.25, 0.3) is 0 Å². The molecule has 0 radical (unpaired) electrons. The second kappa shape index (κ2) is 9.72. The van der Waals surface area contributed by atoms with Crippen molar-refractivity contribution in [2.24, 2.45) is 0 Å². The van der Waals surface area contributed by atoms with Crippen LogP contribution in [0.5, 0.6) is 0 Å². The second-order valence-corrected chi connectivity index (χ2v) is 7.33. The summed E-state index contributed by atoms with van der Waals surface area (Å²) in [7, 11) is 0. The molecule has 1 saturated heterocycles. The van der Waals surface area contributed by atoms with E-state index in [-0.39, 0.29) is 30.3 Å². The molecule has 2 aromatic rings. The summed E-state index contributed by atoms with van der Waals surface area (Å²) in [5.74, 6) is 0.109. The van der Waals surface area contributed by atoms with Crippen molar-refractivity contribution in [2.75, 3.05) is 13.1 Å². The van der Waals surface area contributed by atoms with Crippen LogP contribution in [0.1, 0.15) is 41.2 Å². The van der Waals surface area contributed by atoms with Gasteiger partial charge in [-0.05, 0) is 54.8 Å². The van der Waals surface area contributed by atoms with Crippen LogP contribution in [0, 0.1) is 0 Å². The minimum atomic E-state index is -0.302. The molecule has 2 aromatic carbocycles. The first-order chi connectivity index (χ1) is 12.0. The Bertz CT molecular complexity index is 719. The Labute approximate surface area is 170 Å². The molecule has 1 heterocycles.